The third-order valence-electron chi connectivity index (χ3n) is 2.96. The van der Waals surface area contributed by atoms with Gasteiger partial charge in [-0.15, -0.1) is 8.58 Å². The Morgan fingerprint density at radius 1 is 1.09 bits per heavy atom. The van der Waals surface area contributed by atoms with Gasteiger partial charge in [-0.3, -0.25) is 0 Å². The van der Waals surface area contributed by atoms with Crippen LogP contribution in [-0.2, 0) is 0 Å². The van der Waals surface area contributed by atoms with Gasteiger partial charge in [0, 0.05) is 0 Å². The number of hydrogen-bond acceptors (Lipinski definition) is 0. The highest BCUT2D eigenvalue weighted by Gasteiger charge is 2.30. The van der Waals surface area contributed by atoms with Crippen LogP contribution in [0.4, 0.5) is 0 Å². The maximum absolute atomic E-state index is 2.43. The van der Waals surface area contributed by atoms with E-state index in [9.17, 15) is 0 Å². The van der Waals surface area contributed by atoms with Crippen LogP contribution in [0.25, 0.3) is 0 Å². The molecule has 0 rings (SSSR count). The van der Waals surface area contributed by atoms with Crippen molar-refractivity contribution in [1.29, 1.82) is 0 Å². The van der Waals surface area contributed by atoms with Crippen LogP contribution in [0, 0.1) is 11.8 Å². The molecule has 0 heterocycles. The van der Waals surface area contributed by atoms with Crippen LogP contribution in [0.5, 0.6) is 0 Å². The zero-order valence-corrected chi connectivity index (χ0v) is 9.86. The third-order valence-corrected chi connectivity index (χ3v) is 5.23. The van der Waals surface area contributed by atoms with E-state index in [0.717, 1.165) is 20.4 Å². The van der Waals surface area contributed by atoms with Crippen LogP contribution in [0.2, 0.25) is 0 Å². The highest BCUT2D eigenvalue weighted by atomic mass is 31.1. The standard InChI is InChI=1S/C10H23P/c1-7-11-10(6,8(2)3)9(4)5/h8-9,11H,7H2,1-6H3. The van der Waals surface area contributed by atoms with Gasteiger partial charge >= 0.3 is 0 Å². The average Bonchev–Trinajstić information content (AvgIpc) is 1.87. The lowest BCUT2D eigenvalue weighted by atomic mass is 9.86. The topological polar surface area (TPSA) is 0 Å². The van der Waals surface area contributed by atoms with Gasteiger partial charge in [-0.05, 0) is 23.2 Å². The van der Waals surface area contributed by atoms with Crippen molar-refractivity contribution in [3.8, 4) is 0 Å². The molecule has 0 amide bonds. The summed E-state index contributed by atoms with van der Waals surface area (Å²) in [6, 6.07) is 0. The van der Waals surface area contributed by atoms with Crippen LogP contribution < -0.4 is 0 Å². The molecule has 1 heteroatoms. The van der Waals surface area contributed by atoms with Gasteiger partial charge in [-0.25, -0.2) is 0 Å². The predicted octanol–water partition coefficient (Wildman–Crippen LogP) is 3.76. The van der Waals surface area contributed by atoms with Crippen molar-refractivity contribution in [3.05, 3.63) is 0 Å². The summed E-state index contributed by atoms with van der Waals surface area (Å²) in [7, 11) is 1.12. The Balaban J connectivity index is 4.26. The fourth-order valence-electron chi connectivity index (χ4n) is 1.46. The van der Waals surface area contributed by atoms with Crippen molar-refractivity contribution in [1.82, 2.24) is 0 Å². The molecular formula is C10H23P. The summed E-state index contributed by atoms with van der Waals surface area (Å²) in [6.07, 6.45) is 1.34. The monoisotopic (exact) mass is 174 g/mol. The van der Waals surface area contributed by atoms with Gasteiger partial charge in [0.2, 0.25) is 0 Å². The fourth-order valence-corrected chi connectivity index (χ4v) is 3.03. The minimum atomic E-state index is 0.578. The summed E-state index contributed by atoms with van der Waals surface area (Å²) >= 11 is 0. The molecule has 0 nitrogen and oxygen atoms in total. The third kappa shape index (κ3) is 2.75. The smallest absolute Gasteiger partial charge is 0.0104 e. The molecule has 1 unspecified atom stereocenters. The quantitative estimate of drug-likeness (QED) is 0.569. The summed E-state index contributed by atoms with van der Waals surface area (Å²) in [6.45, 7) is 14.1. The van der Waals surface area contributed by atoms with Gasteiger partial charge in [0.1, 0.15) is 0 Å². The van der Waals surface area contributed by atoms with E-state index in [2.05, 4.69) is 41.5 Å². The van der Waals surface area contributed by atoms with Gasteiger partial charge in [0.05, 0.1) is 0 Å². The Labute approximate surface area is 73.9 Å². The van der Waals surface area contributed by atoms with E-state index in [1.54, 1.807) is 0 Å². The second-order valence-electron chi connectivity index (χ2n) is 4.12. The van der Waals surface area contributed by atoms with Gasteiger partial charge in [-0.2, -0.15) is 0 Å². The van der Waals surface area contributed by atoms with Crippen LogP contribution >= 0.6 is 8.58 Å². The van der Waals surface area contributed by atoms with E-state index < -0.39 is 0 Å². The molecule has 0 radical (unpaired) electrons. The molecule has 0 fully saturated rings. The van der Waals surface area contributed by atoms with Crippen LogP contribution in [0.3, 0.4) is 0 Å². The summed E-state index contributed by atoms with van der Waals surface area (Å²) in [5, 5.41) is 0.578. The zero-order valence-electron chi connectivity index (χ0n) is 8.86. The first-order valence-electron chi connectivity index (χ1n) is 4.70. The second kappa shape index (κ2) is 4.45. The fraction of sp³-hybridized carbons (Fsp3) is 1.00. The largest absolute Gasteiger partial charge is 0.116 e. The first-order valence-corrected chi connectivity index (χ1v) is 5.90. The van der Waals surface area contributed by atoms with E-state index in [0.29, 0.717) is 5.16 Å². The molecule has 0 aromatic carbocycles. The first-order chi connectivity index (χ1) is 4.95. The maximum Gasteiger partial charge on any atom is -0.0104 e. The molecule has 68 valence electrons. The van der Waals surface area contributed by atoms with E-state index in [1.807, 2.05) is 0 Å². The van der Waals surface area contributed by atoms with E-state index >= 15 is 0 Å². The normalized spacial score (nSPS) is 14.2. The van der Waals surface area contributed by atoms with Crippen molar-refractivity contribution in [2.45, 2.75) is 46.7 Å². The molecule has 0 spiro atoms. The minimum absolute atomic E-state index is 0.578. The lowest BCUT2D eigenvalue weighted by molar-refractivity contribution is 0.357. The van der Waals surface area contributed by atoms with Crippen LogP contribution in [0.15, 0.2) is 0 Å². The van der Waals surface area contributed by atoms with E-state index in [-0.39, 0.29) is 0 Å². The molecule has 0 aliphatic carbocycles. The molecule has 0 aliphatic heterocycles. The Morgan fingerprint density at radius 2 is 1.45 bits per heavy atom. The molecule has 0 aromatic heterocycles. The van der Waals surface area contributed by atoms with Crippen molar-refractivity contribution >= 4 is 8.58 Å². The minimum Gasteiger partial charge on any atom is -0.116 e. The lowest BCUT2D eigenvalue weighted by Crippen LogP contribution is -2.32. The average molecular weight is 174 g/mol. The van der Waals surface area contributed by atoms with Crippen molar-refractivity contribution in [3.63, 3.8) is 0 Å². The summed E-state index contributed by atoms with van der Waals surface area (Å²) in [5.74, 6) is 1.64. The Morgan fingerprint density at radius 3 is 1.55 bits per heavy atom. The molecular weight excluding hydrogens is 151 g/mol. The van der Waals surface area contributed by atoms with Gasteiger partial charge in [0.25, 0.3) is 0 Å². The molecule has 0 bridgehead atoms. The Kier molecular flexibility index (Phi) is 4.63. The van der Waals surface area contributed by atoms with Crippen molar-refractivity contribution in [2.24, 2.45) is 11.8 Å². The molecule has 0 saturated carbocycles. The molecule has 1 atom stereocenters. The summed E-state index contributed by atoms with van der Waals surface area (Å²) in [4.78, 5) is 0. The summed E-state index contributed by atoms with van der Waals surface area (Å²) < 4.78 is 0. The second-order valence-corrected chi connectivity index (χ2v) is 6.26. The van der Waals surface area contributed by atoms with E-state index in [4.69, 9.17) is 0 Å². The number of hydrogen-bond donors (Lipinski definition) is 0. The molecule has 0 N–H and O–H groups in total. The molecule has 0 aromatic rings. The van der Waals surface area contributed by atoms with Crippen LogP contribution in [-0.4, -0.2) is 11.3 Å². The first kappa shape index (κ1) is 11.4. The number of rotatable bonds is 4. The van der Waals surface area contributed by atoms with Crippen molar-refractivity contribution in [2.75, 3.05) is 6.16 Å². The lowest BCUT2D eigenvalue weighted by Gasteiger charge is -2.37. The molecule has 0 saturated heterocycles. The van der Waals surface area contributed by atoms with Gasteiger partial charge in [-0.1, -0.05) is 41.5 Å². The van der Waals surface area contributed by atoms with Crippen molar-refractivity contribution < 1.29 is 0 Å². The van der Waals surface area contributed by atoms with Crippen LogP contribution in [0.1, 0.15) is 41.5 Å². The SMILES string of the molecule is CCPC(C)(C(C)C)C(C)C. The predicted molar refractivity (Wildman–Crippen MR) is 56.9 cm³/mol. The van der Waals surface area contributed by atoms with Gasteiger partial charge < -0.3 is 0 Å². The maximum atomic E-state index is 2.43. The van der Waals surface area contributed by atoms with Gasteiger partial charge in [0.15, 0.2) is 0 Å². The molecule has 11 heavy (non-hydrogen) atoms. The zero-order chi connectivity index (χ0) is 9.07. The molecule has 0 aliphatic rings. The van der Waals surface area contributed by atoms with E-state index in [1.165, 1.54) is 6.16 Å². The highest BCUT2D eigenvalue weighted by molar-refractivity contribution is 7.39. The summed E-state index contributed by atoms with van der Waals surface area (Å²) in [5.41, 5.74) is 0. The Bertz CT molecular complexity index is 97.4. The Hall–Kier alpha value is 0.430. The highest BCUT2D eigenvalue weighted by Crippen LogP contribution is 2.43.